The Balaban J connectivity index is 0.00000225. The number of hydrogen-bond acceptors (Lipinski definition) is 2. The van der Waals surface area contributed by atoms with Crippen molar-refractivity contribution in [1.29, 1.82) is 0 Å². The zero-order valence-corrected chi connectivity index (χ0v) is 18.9. The van der Waals surface area contributed by atoms with Crippen LogP contribution in [0.15, 0.2) is 4.99 Å². The van der Waals surface area contributed by atoms with Gasteiger partial charge in [0.15, 0.2) is 5.96 Å². The molecular formula is C20H39IN4. The number of halogens is 1. The predicted octanol–water partition coefficient (Wildman–Crippen LogP) is 3.86. The number of guanidine groups is 1. The molecule has 3 fully saturated rings. The van der Waals surface area contributed by atoms with Crippen molar-refractivity contribution >= 4 is 29.9 Å². The molecule has 2 aliphatic carbocycles. The van der Waals surface area contributed by atoms with Gasteiger partial charge in [0.1, 0.15) is 0 Å². The van der Waals surface area contributed by atoms with Crippen LogP contribution in [-0.2, 0) is 0 Å². The second kappa shape index (κ2) is 9.77. The molecule has 1 unspecified atom stereocenters. The van der Waals surface area contributed by atoms with Gasteiger partial charge in [-0.25, -0.2) is 0 Å². The number of nitrogens with one attached hydrogen (secondary N) is 2. The molecule has 5 heteroatoms. The van der Waals surface area contributed by atoms with Crippen molar-refractivity contribution in [3.63, 3.8) is 0 Å². The predicted molar refractivity (Wildman–Crippen MR) is 118 cm³/mol. The van der Waals surface area contributed by atoms with E-state index >= 15 is 0 Å². The molecule has 25 heavy (non-hydrogen) atoms. The zero-order chi connectivity index (χ0) is 17.0. The van der Waals surface area contributed by atoms with E-state index in [0.29, 0.717) is 5.41 Å². The van der Waals surface area contributed by atoms with Crippen LogP contribution in [0, 0.1) is 17.3 Å². The van der Waals surface area contributed by atoms with Crippen molar-refractivity contribution in [2.24, 2.45) is 22.2 Å². The van der Waals surface area contributed by atoms with Gasteiger partial charge < -0.3 is 15.5 Å². The van der Waals surface area contributed by atoms with E-state index in [-0.39, 0.29) is 24.0 Å². The third-order valence-corrected chi connectivity index (χ3v) is 6.30. The van der Waals surface area contributed by atoms with Crippen LogP contribution >= 0.6 is 24.0 Å². The SMILES string of the molecule is CN=C(NCC1CCN(C2CC2)C1)NCC1(CC(C)C)CCCC1.I. The summed E-state index contributed by atoms with van der Waals surface area (Å²) in [5, 5.41) is 7.25. The van der Waals surface area contributed by atoms with Gasteiger partial charge >= 0.3 is 0 Å². The van der Waals surface area contributed by atoms with E-state index in [1.165, 1.54) is 64.5 Å². The molecule has 3 aliphatic rings. The summed E-state index contributed by atoms with van der Waals surface area (Å²) in [6.07, 6.45) is 11.1. The lowest BCUT2D eigenvalue weighted by atomic mass is 9.78. The lowest BCUT2D eigenvalue weighted by molar-refractivity contribution is 0.234. The highest BCUT2D eigenvalue weighted by Gasteiger charge is 2.35. The highest BCUT2D eigenvalue weighted by Crippen LogP contribution is 2.42. The maximum absolute atomic E-state index is 4.47. The molecule has 1 saturated heterocycles. The maximum atomic E-state index is 4.47. The minimum absolute atomic E-state index is 0. The molecule has 1 aliphatic heterocycles. The van der Waals surface area contributed by atoms with Gasteiger partial charge in [0.2, 0.25) is 0 Å². The third kappa shape index (κ3) is 6.26. The Bertz CT molecular complexity index is 427. The van der Waals surface area contributed by atoms with Crippen LogP contribution in [0.5, 0.6) is 0 Å². The molecule has 0 aromatic carbocycles. The molecule has 1 heterocycles. The Morgan fingerprint density at radius 2 is 1.88 bits per heavy atom. The molecule has 4 nitrogen and oxygen atoms in total. The van der Waals surface area contributed by atoms with Crippen LogP contribution in [0.4, 0.5) is 0 Å². The second-order valence-electron chi connectivity index (χ2n) is 8.99. The lowest BCUT2D eigenvalue weighted by Crippen LogP contribution is -2.45. The van der Waals surface area contributed by atoms with Gasteiger partial charge in [-0.2, -0.15) is 0 Å². The summed E-state index contributed by atoms with van der Waals surface area (Å²) < 4.78 is 0. The van der Waals surface area contributed by atoms with Gasteiger partial charge in [-0.3, -0.25) is 4.99 Å². The van der Waals surface area contributed by atoms with Crippen molar-refractivity contribution in [3.05, 3.63) is 0 Å². The largest absolute Gasteiger partial charge is 0.356 e. The van der Waals surface area contributed by atoms with E-state index in [0.717, 1.165) is 36.9 Å². The van der Waals surface area contributed by atoms with E-state index in [4.69, 9.17) is 0 Å². The number of likely N-dealkylation sites (tertiary alicyclic amines) is 1. The summed E-state index contributed by atoms with van der Waals surface area (Å²) in [7, 11) is 1.91. The molecule has 0 radical (unpaired) electrons. The average molecular weight is 462 g/mol. The van der Waals surface area contributed by atoms with Crippen LogP contribution in [0.1, 0.15) is 65.2 Å². The molecule has 2 N–H and O–H groups in total. The first kappa shape index (κ1) is 21.3. The molecule has 0 spiro atoms. The first-order chi connectivity index (χ1) is 11.6. The molecular weight excluding hydrogens is 423 g/mol. The highest BCUT2D eigenvalue weighted by molar-refractivity contribution is 14.0. The molecule has 146 valence electrons. The number of aliphatic imine (C=N–C) groups is 1. The van der Waals surface area contributed by atoms with Gasteiger partial charge in [0.25, 0.3) is 0 Å². The topological polar surface area (TPSA) is 39.7 Å². The van der Waals surface area contributed by atoms with E-state index in [2.05, 4.69) is 34.4 Å². The highest BCUT2D eigenvalue weighted by atomic mass is 127. The maximum Gasteiger partial charge on any atom is 0.191 e. The van der Waals surface area contributed by atoms with Crippen molar-refractivity contribution in [1.82, 2.24) is 15.5 Å². The summed E-state index contributed by atoms with van der Waals surface area (Å²) in [4.78, 5) is 7.16. The molecule has 2 saturated carbocycles. The molecule has 3 rings (SSSR count). The van der Waals surface area contributed by atoms with Gasteiger partial charge in [-0.15, -0.1) is 24.0 Å². The summed E-state index contributed by atoms with van der Waals surface area (Å²) >= 11 is 0. The minimum Gasteiger partial charge on any atom is -0.356 e. The third-order valence-electron chi connectivity index (χ3n) is 6.30. The van der Waals surface area contributed by atoms with Gasteiger partial charge in [-0.05, 0) is 62.3 Å². The van der Waals surface area contributed by atoms with E-state index in [1.54, 1.807) is 0 Å². The number of hydrogen-bond donors (Lipinski definition) is 2. The van der Waals surface area contributed by atoms with Crippen molar-refractivity contribution in [2.75, 3.05) is 33.2 Å². The van der Waals surface area contributed by atoms with Crippen LogP contribution in [-0.4, -0.2) is 50.1 Å². The molecule has 0 aromatic rings. The first-order valence-electron chi connectivity index (χ1n) is 10.3. The molecule has 0 aromatic heterocycles. The zero-order valence-electron chi connectivity index (χ0n) is 16.5. The number of nitrogens with zero attached hydrogens (tertiary/aromatic N) is 2. The van der Waals surface area contributed by atoms with Crippen LogP contribution in [0.25, 0.3) is 0 Å². The monoisotopic (exact) mass is 462 g/mol. The lowest BCUT2D eigenvalue weighted by Gasteiger charge is -2.32. The molecule has 1 atom stereocenters. The van der Waals surface area contributed by atoms with Gasteiger partial charge in [-0.1, -0.05) is 26.7 Å². The first-order valence-corrected chi connectivity index (χ1v) is 10.3. The van der Waals surface area contributed by atoms with E-state index in [1.807, 2.05) is 7.05 Å². The van der Waals surface area contributed by atoms with Crippen molar-refractivity contribution in [2.45, 2.75) is 71.3 Å². The summed E-state index contributed by atoms with van der Waals surface area (Å²) in [5.41, 5.74) is 0.502. The Hall–Kier alpha value is -0.0400. The Morgan fingerprint density at radius 3 is 2.48 bits per heavy atom. The second-order valence-corrected chi connectivity index (χ2v) is 8.99. The van der Waals surface area contributed by atoms with Crippen LogP contribution < -0.4 is 10.6 Å². The fourth-order valence-corrected chi connectivity index (χ4v) is 4.98. The van der Waals surface area contributed by atoms with Crippen LogP contribution in [0.2, 0.25) is 0 Å². The van der Waals surface area contributed by atoms with Gasteiger partial charge in [0.05, 0.1) is 0 Å². The fourth-order valence-electron chi connectivity index (χ4n) is 4.98. The normalized spacial score (nSPS) is 26.7. The Morgan fingerprint density at radius 1 is 1.16 bits per heavy atom. The minimum atomic E-state index is 0. The van der Waals surface area contributed by atoms with Crippen molar-refractivity contribution < 1.29 is 0 Å². The quantitative estimate of drug-likeness (QED) is 0.343. The smallest absolute Gasteiger partial charge is 0.191 e. The van der Waals surface area contributed by atoms with Gasteiger partial charge in [0, 0.05) is 32.7 Å². The van der Waals surface area contributed by atoms with Crippen molar-refractivity contribution in [3.8, 4) is 0 Å². The molecule has 0 bridgehead atoms. The standard InChI is InChI=1S/C20H38N4.HI/c1-16(2)12-20(9-4-5-10-20)15-23-19(21-3)22-13-17-8-11-24(14-17)18-6-7-18;/h16-18H,4-15H2,1-3H3,(H2,21,22,23);1H. The summed E-state index contributed by atoms with van der Waals surface area (Å²) in [6, 6.07) is 0.922. The number of rotatable bonds is 7. The Labute approximate surface area is 172 Å². The summed E-state index contributed by atoms with van der Waals surface area (Å²) in [5.74, 6) is 2.59. The molecule has 0 amide bonds. The van der Waals surface area contributed by atoms with E-state index in [9.17, 15) is 0 Å². The van der Waals surface area contributed by atoms with E-state index < -0.39 is 0 Å². The fraction of sp³-hybridized carbons (Fsp3) is 0.950. The van der Waals surface area contributed by atoms with Crippen LogP contribution in [0.3, 0.4) is 0 Å². The summed E-state index contributed by atoms with van der Waals surface area (Å²) in [6.45, 7) is 9.47. The Kier molecular flexibility index (Phi) is 8.31. The average Bonchev–Trinajstić information content (AvgIpc) is 3.12.